The van der Waals surface area contributed by atoms with Gasteiger partial charge in [0.25, 0.3) is 5.91 Å². The van der Waals surface area contributed by atoms with Crippen molar-refractivity contribution in [3.05, 3.63) is 63.9 Å². The Kier molecular flexibility index (Phi) is 7.16. The molecule has 1 heterocycles. The fourth-order valence-corrected chi connectivity index (χ4v) is 3.72. The lowest BCUT2D eigenvalue weighted by atomic mass is 10.1. The number of hydrogen-bond acceptors (Lipinski definition) is 5. The molecule has 2 aromatic carbocycles. The van der Waals surface area contributed by atoms with Crippen LogP contribution in [0.1, 0.15) is 18.1 Å². The molecule has 0 aliphatic carbocycles. The van der Waals surface area contributed by atoms with E-state index in [9.17, 15) is 9.18 Å². The molecule has 1 aromatic heterocycles. The number of amides is 1. The lowest BCUT2D eigenvalue weighted by Gasteiger charge is -2.07. The van der Waals surface area contributed by atoms with E-state index in [1.54, 1.807) is 12.1 Å². The van der Waals surface area contributed by atoms with Crippen LogP contribution in [0.5, 0.6) is 0 Å². The van der Waals surface area contributed by atoms with E-state index in [0.29, 0.717) is 11.7 Å². The number of nitrogens with zero attached hydrogens (tertiary/aromatic N) is 4. The van der Waals surface area contributed by atoms with Crippen LogP contribution in [0, 0.1) is 12.7 Å². The third kappa shape index (κ3) is 5.51. The maximum absolute atomic E-state index is 13.7. The molecule has 1 N–H and O–H groups in total. The molecular weight excluding hydrogens is 457 g/mol. The summed E-state index contributed by atoms with van der Waals surface area (Å²) >= 11 is 4.54. The molecule has 0 saturated carbocycles. The molecule has 3 aromatic rings. The topological polar surface area (TPSA) is 72.2 Å². The van der Waals surface area contributed by atoms with Gasteiger partial charge in [0.1, 0.15) is 5.82 Å². The third-order valence-corrected chi connectivity index (χ3v) is 5.49. The zero-order chi connectivity index (χ0) is 20.8. The van der Waals surface area contributed by atoms with E-state index >= 15 is 0 Å². The van der Waals surface area contributed by atoms with Gasteiger partial charge in [-0.05, 0) is 32.0 Å². The highest BCUT2D eigenvalue weighted by Crippen LogP contribution is 2.24. The summed E-state index contributed by atoms with van der Waals surface area (Å²) in [6, 6.07) is 12.6. The van der Waals surface area contributed by atoms with Crippen LogP contribution in [0.25, 0.3) is 11.4 Å². The zero-order valence-electron chi connectivity index (χ0n) is 15.9. The summed E-state index contributed by atoms with van der Waals surface area (Å²) in [4.78, 5) is 12.1. The van der Waals surface area contributed by atoms with Crippen molar-refractivity contribution < 1.29 is 9.18 Å². The highest BCUT2D eigenvalue weighted by molar-refractivity contribution is 9.10. The average Bonchev–Trinajstić information content (AvgIpc) is 3.12. The fraction of sp³-hybridized carbons (Fsp3) is 0.200. The molecule has 3 rings (SSSR count). The summed E-state index contributed by atoms with van der Waals surface area (Å²) < 4.78 is 16.4. The Labute approximate surface area is 180 Å². The molecule has 0 aliphatic heterocycles. The molecule has 0 saturated heterocycles. The van der Waals surface area contributed by atoms with Crippen LogP contribution in [-0.2, 0) is 11.3 Å². The Morgan fingerprint density at radius 2 is 2.03 bits per heavy atom. The van der Waals surface area contributed by atoms with E-state index < -0.39 is 5.82 Å². The number of aryl methyl sites for hydroxylation is 1. The molecule has 150 valence electrons. The minimum absolute atomic E-state index is 0.115. The van der Waals surface area contributed by atoms with E-state index in [2.05, 4.69) is 36.7 Å². The first-order valence-corrected chi connectivity index (χ1v) is 10.7. The Morgan fingerprint density at radius 1 is 1.28 bits per heavy atom. The summed E-state index contributed by atoms with van der Waals surface area (Å²) in [6.45, 7) is 4.71. The zero-order valence-corrected chi connectivity index (χ0v) is 18.3. The number of rotatable bonds is 7. The molecule has 0 spiro atoms. The van der Waals surface area contributed by atoms with Gasteiger partial charge in [0.05, 0.1) is 12.0 Å². The van der Waals surface area contributed by atoms with Crippen molar-refractivity contribution in [1.82, 2.24) is 20.2 Å². The van der Waals surface area contributed by atoms with E-state index in [0.717, 1.165) is 15.9 Å². The van der Waals surface area contributed by atoms with Gasteiger partial charge in [-0.1, -0.05) is 57.5 Å². The molecule has 1 amide bonds. The lowest BCUT2D eigenvalue weighted by Crippen LogP contribution is -2.20. The van der Waals surface area contributed by atoms with Gasteiger partial charge >= 0.3 is 0 Å². The summed E-state index contributed by atoms with van der Waals surface area (Å²) in [5.74, 6) is 0.146. The molecule has 0 atom stereocenters. The Bertz CT molecular complexity index is 1040. The quantitative estimate of drug-likeness (QED) is 0.312. The molecule has 0 bridgehead atoms. The van der Waals surface area contributed by atoms with Gasteiger partial charge < -0.3 is 4.57 Å². The number of carbonyl (C=O) groups excluding carboxylic acids is 1. The van der Waals surface area contributed by atoms with Crippen LogP contribution < -0.4 is 5.43 Å². The first-order valence-electron chi connectivity index (χ1n) is 8.88. The van der Waals surface area contributed by atoms with Crippen molar-refractivity contribution in [1.29, 1.82) is 0 Å². The van der Waals surface area contributed by atoms with Crippen molar-refractivity contribution in [2.75, 3.05) is 5.75 Å². The minimum atomic E-state index is -0.416. The van der Waals surface area contributed by atoms with Gasteiger partial charge in [-0.15, -0.1) is 10.2 Å². The van der Waals surface area contributed by atoms with Crippen LogP contribution in [0.4, 0.5) is 4.39 Å². The van der Waals surface area contributed by atoms with Crippen molar-refractivity contribution in [3.63, 3.8) is 0 Å². The highest BCUT2D eigenvalue weighted by Gasteiger charge is 2.14. The number of hydrazone groups is 1. The number of benzene rings is 2. The predicted molar refractivity (Wildman–Crippen MR) is 116 cm³/mol. The summed E-state index contributed by atoms with van der Waals surface area (Å²) in [5.41, 5.74) is 4.83. The highest BCUT2D eigenvalue weighted by atomic mass is 79.9. The monoisotopic (exact) mass is 475 g/mol. The van der Waals surface area contributed by atoms with Crippen molar-refractivity contribution in [3.8, 4) is 11.4 Å². The fourth-order valence-electron chi connectivity index (χ4n) is 2.55. The van der Waals surface area contributed by atoms with Crippen molar-refractivity contribution in [2.24, 2.45) is 5.10 Å². The smallest absolute Gasteiger partial charge is 0.250 e. The summed E-state index contributed by atoms with van der Waals surface area (Å²) in [5, 5.41) is 12.9. The number of carbonyl (C=O) groups is 1. The number of aromatic nitrogens is 3. The van der Waals surface area contributed by atoms with Gasteiger partial charge in [-0.2, -0.15) is 5.10 Å². The maximum atomic E-state index is 13.7. The van der Waals surface area contributed by atoms with Crippen LogP contribution >= 0.6 is 27.7 Å². The Balaban J connectivity index is 1.61. The van der Waals surface area contributed by atoms with Gasteiger partial charge in [0.15, 0.2) is 11.0 Å². The van der Waals surface area contributed by atoms with E-state index in [1.165, 1.54) is 29.6 Å². The molecule has 0 radical (unpaired) electrons. The minimum Gasteiger partial charge on any atom is -0.302 e. The first kappa shape index (κ1) is 21.2. The first-order chi connectivity index (χ1) is 14.0. The van der Waals surface area contributed by atoms with E-state index in [4.69, 9.17) is 0 Å². The van der Waals surface area contributed by atoms with Gasteiger partial charge in [0.2, 0.25) is 0 Å². The maximum Gasteiger partial charge on any atom is 0.250 e. The molecule has 9 heteroatoms. The molecule has 0 unspecified atom stereocenters. The second kappa shape index (κ2) is 9.80. The summed E-state index contributed by atoms with van der Waals surface area (Å²) in [6.07, 6.45) is 1.27. The lowest BCUT2D eigenvalue weighted by molar-refractivity contribution is -0.118. The Morgan fingerprint density at radius 3 is 2.76 bits per heavy atom. The van der Waals surface area contributed by atoms with Gasteiger partial charge in [-0.3, -0.25) is 4.79 Å². The third-order valence-electron chi connectivity index (χ3n) is 4.03. The van der Waals surface area contributed by atoms with Crippen molar-refractivity contribution in [2.45, 2.75) is 25.5 Å². The number of hydrogen-bond donors (Lipinski definition) is 1. The van der Waals surface area contributed by atoms with Crippen LogP contribution in [0.2, 0.25) is 0 Å². The van der Waals surface area contributed by atoms with Crippen LogP contribution in [0.15, 0.2) is 57.2 Å². The van der Waals surface area contributed by atoms with E-state index in [-0.39, 0.29) is 17.2 Å². The average molecular weight is 476 g/mol. The second-order valence-electron chi connectivity index (χ2n) is 6.16. The van der Waals surface area contributed by atoms with Crippen molar-refractivity contribution >= 4 is 39.8 Å². The number of halogens is 2. The molecule has 6 nitrogen and oxygen atoms in total. The number of thioether (sulfide) groups is 1. The summed E-state index contributed by atoms with van der Waals surface area (Å²) in [7, 11) is 0. The molecular formula is C20H19BrFN5OS. The standard InChI is InChI=1S/C20H19BrFN5OS/c1-3-27-19(14-6-4-13(2)5-7-14)25-26-20(27)29-12-18(28)24-23-11-15-10-16(21)8-9-17(15)22/h4-11H,3,12H2,1-2H3,(H,24,28)/b23-11+. The van der Waals surface area contributed by atoms with Gasteiger partial charge in [-0.25, -0.2) is 9.82 Å². The van der Waals surface area contributed by atoms with Crippen LogP contribution in [-0.4, -0.2) is 32.6 Å². The molecule has 29 heavy (non-hydrogen) atoms. The largest absolute Gasteiger partial charge is 0.302 e. The normalized spacial score (nSPS) is 11.2. The van der Waals surface area contributed by atoms with Gasteiger partial charge in [0, 0.05) is 22.1 Å². The molecule has 0 fully saturated rings. The van der Waals surface area contributed by atoms with Crippen LogP contribution in [0.3, 0.4) is 0 Å². The second-order valence-corrected chi connectivity index (χ2v) is 8.02. The number of nitrogens with one attached hydrogen (secondary N) is 1. The predicted octanol–water partition coefficient (Wildman–Crippen LogP) is 4.42. The SMILES string of the molecule is CCn1c(SCC(=O)N/N=C/c2cc(Br)ccc2F)nnc1-c1ccc(C)cc1. The molecule has 0 aliphatic rings. The Hall–Kier alpha value is -2.52. The van der Waals surface area contributed by atoms with E-state index in [1.807, 2.05) is 42.7 Å².